The van der Waals surface area contributed by atoms with Gasteiger partial charge in [0.2, 0.25) is 11.8 Å². The molecule has 1 radical (unpaired) electrons. The van der Waals surface area contributed by atoms with Gasteiger partial charge in [-0.15, -0.1) is 0 Å². The molecule has 0 rings (SSSR count). The molecular formula is C14H28N3O2S. The van der Waals surface area contributed by atoms with Gasteiger partial charge in [0.15, 0.2) is 0 Å². The predicted molar refractivity (Wildman–Crippen MR) is 85.7 cm³/mol. The summed E-state index contributed by atoms with van der Waals surface area (Å²) in [7, 11) is 4.04. The maximum absolute atomic E-state index is 11.5. The van der Waals surface area contributed by atoms with E-state index in [4.69, 9.17) is 0 Å². The number of thioether (sulfide) groups is 1. The molecule has 2 N–H and O–H groups in total. The highest BCUT2D eigenvalue weighted by molar-refractivity contribution is 7.99. The van der Waals surface area contributed by atoms with Crippen LogP contribution in [0.3, 0.4) is 0 Å². The van der Waals surface area contributed by atoms with Gasteiger partial charge in [-0.05, 0) is 40.9 Å². The van der Waals surface area contributed by atoms with E-state index in [1.807, 2.05) is 27.9 Å². The molecule has 0 aliphatic rings. The molecular weight excluding hydrogens is 274 g/mol. The van der Waals surface area contributed by atoms with E-state index in [0.717, 1.165) is 25.3 Å². The predicted octanol–water partition coefficient (Wildman–Crippen LogP) is 0.906. The molecule has 0 aromatic carbocycles. The third-order valence-electron chi connectivity index (χ3n) is 2.40. The van der Waals surface area contributed by atoms with Crippen LogP contribution in [0.4, 0.5) is 0 Å². The van der Waals surface area contributed by atoms with Crippen molar-refractivity contribution in [1.29, 1.82) is 0 Å². The van der Waals surface area contributed by atoms with Crippen LogP contribution in [0.5, 0.6) is 0 Å². The van der Waals surface area contributed by atoms with Crippen LogP contribution >= 0.6 is 11.8 Å². The van der Waals surface area contributed by atoms with Crippen LogP contribution in [-0.4, -0.2) is 61.4 Å². The zero-order valence-corrected chi connectivity index (χ0v) is 13.9. The van der Waals surface area contributed by atoms with E-state index in [-0.39, 0.29) is 17.9 Å². The van der Waals surface area contributed by atoms with Gasteiger partial charge in [-0.3, -0.25) is 9.59 Å². The lowest BCUT2D eigenvalue weighted by molar-refractivity contribution is -0.120. The van der Waals surface area contributed by atoms with Crippen molar-refractivity contribution in [2.75, 3.05) is 38.7 Å². The van der Waals surface area contributed by atoms with Gasteiger partial charge in [0.25, 0.3) is 0 Å². The standard InChI is InChI=1S/C14H28N3O2S/c1-12(2)16-14(19)7-11-20-10-6-13(18)15-8-5-9-17(3)4/h7,12H,5-6,8-11H2,1-4H3,(H,15,18)(H,16,19). The molecule has 20 heavy (non-hydrogen) atoms. The Hall–Kier alpha value is -0.750. The van der Waals surface area contributed by atoms with E-state index >= 15 is 0 Å². The van der Waals surface area contributed by atoms with Crippen LogP contribution < -0.4 is 10.6 Å². The minimum Gasteiger partial charge on any atom is -0.356 e. The number of amides is 2. The third kappa shape index (κ3) is 13.7. The molecule has 0 aromatic rings. The number of carbonyl (C=O) groups is 2. The van der Waals surface area contributed by atoms with Crippen molar-refractivity contribution in [3.05, 3.63) is 6.42 Å². The Morgan fingerprint density at radius 3 is 2.60 bits per heavy atom. The first-order chi connectivity index (χ1) is 9.41. The lowest BCUT2D eigenvalue weighted by Crippen LogP contribution is -2.30. The molecule has 0 aliphatic carbocycles. The van der Waals surface area contributed by atoms with Crippen LogP contribution in [0.25, 0.3) is 0 Å². The Balaban J connectivity index is 3.37. The summed E-state index contributed by atoms with van der Waals surface area (Å²) in [5, 5.41) is 5.69. The molecule has 0 saturated heterocycles. The second-order valence-electron chi connectivity index (χ2n) is 5.20. The van der Waals surface area contributed by atoms with Crippen molar-refractivity contribution < 1.29 is 9.59 Å². The summed E-state index contributed by atoms with van der Waals surface area (Å²) in [4.78, 5) is 24.9. The van der Waals surface area contributed by atoms with Crippen LogP contribution in [0.2, 0.25) is 0 Å². The summed E-state index contributed by atoms with van der Waals surface area (Å²) in [5.74, 6) is 1.43. The summed E-state index contributed by atoms with van der Waals surface area (Å²) in [5.41, 5.74) is 0. The molecule has 0 fully saturated rings. The largest absolute Gasteiger partial charge is 0.356 e. The van der Waals surface area contributed by atoms with E-state index in [1.165, 1.54) is 0 Å². The minimum absolute atomic E-state index is 0.0411. The van der Waals surface area contributed by atoms with Gasteiger partial charge in [-0.25, -0.2) is 0 Å². The summed E-state index contributed by atoms with van der Waals surface area (Å²) in [6.45, 7) is 5.57. The van der Waals surface area contributed by atoms with Gasteiger partial charge in [-0.1, -0.05) is 0 Å². The molecule has 0 spiro atoms. The molecule has 0 atom stereocenters. The number of hydrogen-bond donors (Lipinski definition) is 2. The van der Waals surface area contributed by atoms with E-state index in [9.17, 15) is 9.59 Å². The number of rotatable bonds is 11. The fourth-order valence-electron chi connectivity index (χ4n) is 1.44. The summed E-state index contributed by atoms with van der Waals surface area (Å²) >= 11 is 1.60. The number of hydrogen-bond acceptors (Lipinski definition) is 4. The van der Waals surface area contributed by atoms with Crippen molar-refractivity contribution >= 4 is 23.6 Å². The quantitative estimate of drug-likeness (QED) is 0.557. The van der Waals surface area contributed by atoms with Crippen molar-refractivity contribution in [3.8, 4) is 0 Å². The SMILES string of the molecule is CC(C)NC(=O)[CH]CSCCC(=O)NCCCN(C)C. The monoisotopic (exact) mass is 302 g/mol. The second kappa shape index (κ2) is 12.0. The molecule has 6 heteroatoms. The smallest absolute Gasteiger partial charge is 0.224 e. The molecule has 0 heterocycles. The molecule has 5 nitrogen and oxygen atoms in total. The van der Waals surface area contributed by atoms with E-state index in [1.54, 1.807) is 18.2 Å². The summed E-state index contributed by atoms with van der Waals surface area (Å²) in [6, 6.07) is 0.164. The molecule has 0 unspecified atom stereocenters. The van der Waals surface area contributed by atoms with E-state index in [2.05, 4.69) is 15.5 Å². The third-order valence-corrected chi connectivity index (χ3v) is 3.29. The van der Waals surface area contributed by atoms with Gasteiger partial charge in [0, 0.05) is 30.5 Å². The van der Waals surface area contributed by atoms with E-state index in [0.29, 0.717) is 12.2 Å². The van der Waals surface area contributed by atoms with Crippen molar-refractivity contribution in [2.45, 2.75) is 32.7 Å². The first kappa shape index (κ1) is 19.2. The molecule has 117 valence electrons. The Morgan fingerprint density at radius 2 is 2.00 bits per heavy atom. The van der Waals surface area contributed by atoms with Gasteiger partial charge in [0.1, 0.15) is 0 Å². The van der Waals surface area contributed by atoms with Gasteiger partial charge >= 0.3 is 0 Å². The Morgan fingerprint density at radius 1 is 1.30 bits per heavy atom. The highest BCUT2D eigenvalue weighted by Crippen LogP contribution is 2.04. The highest BCUT2D eigenvalue weighted by Gasteiger charge is 2.04. The molecule has 0 aromatic heterocycles. The average Bonchev–Trinajstić information content (AvgIpc) is 2.33. The minimum atomic E-state index is -0.0411. The van der Waals surface area contributed by atoms with Crippen molar-refractivity contribution in [2.24, 2.45) is 0 Å². The lowest BCUT2D eigenvalue weighted by atomic mass is 10.3. The highest BCUT2D eigenvalue weighted by atomic mass is 32.2. The van der Waals surface area contributed by atoms with Crippen LogP contribution in [0.15, 0.2) is 0 Å². The van der Waals surface area contributed by atoms with Crippen molar-refractivity contribution in [3.63, 3.8) is 0 Å². The maximum Gasteiger partial charge on any atom is 0.224 e. The zero-order chi connectivity index (χ0) is 15.4. The van der Waals surface area contributed by atoms with Crippen LogP contribution in [0.1, 0.15) is 26.7 Å². The fraction of sp³-hybridized carbons (Fsp3) is 0.786. The normalized spacial score (nSPS) is 10.9. The Kier molecular flexibility index (Phi) is 11.6. The first-order valence-electron chi connectivity index (χ1n) is 7.04. The topological polar surface area (TPSA) is 61.4 Å². The first-order valence-corrected chi connectivity index (χ1v) is 8.20. The average molecular weight is 302 g/mol. The maximum atomic E-state index is 11.5. The van der Waals surface area contributed by atoms with Crippen LogP contribution in [-0.2, 0) is 9.59 Å². The zero-order valence-electron chi connectivity index (χ0n) is 13.1. The van der Waals surface area contributed by atoms with E-state index < -0.39 is 0 Å². The summed E-state index contributed by atoms with van der Waals surface area (Å²) < 4.78 is 0. The molecule has 0 saturated carbocycles. The number of nitrogens with zero attached hydrogens (tertiary/aromatic N) is 1. The van der Waals surface area contributed by atoms with Gasteiger partial charge in [-0.2, -0.15) is 11.8 Å². The molecule has 2 amide bonds. The Labute approximate surface area is 127 Å². The second-order valence-corrected chi connectivity index (χ2v) is 6.35. The summed E-state index contributed by atoms with van der Waals surface area (Å²) in [6.07, 6.45) is 3.10. The lowest BCUT2D eigenvalue weighted by Gasteiger charge is -2.10. The number of carbonyl (C=O) groups excluding carboxylic acids is 2. The molecule has 0 aliphatic heterocycles. The molecule has 0 bridgehead atoms. The van der Waals surface area contributed by atoms with Gasteiger partial charge < -0.3 is 15.5 Å². The van der Waals surface area contributed by atoms with Crippen LogP contribution in [0, 0.1) is 6.42 Å². The fourth-order valence-corrected chi connectivity index (χ4v) is 2.20. The van der Waals surface area contributed by atoms with Gasteiger partial charge in [0.05, 0.1) is 6.42 Å². The Bertz CT molecular complexity index is 284. The number of nitrogens with one attached hydrogen (secondary N) is 2. The van der Waals surface area contributed by atoms with Crippen molar-refractivity contribution in [1.82, 2.24) is 15.5 Å².